The van der Waals surface area contributed by atoms with E-state index in [-0.39, 0.29) is 18.3 Å². The van der Waals surface area contributed by atoms with Crippen LogP contribution in [0.1, 0.15) is 18.4 Å². The number of ether oxygens (including phenoxy) is 1. The normalized spacial score (nSPS) is 17.6. The third kappa shape index (κ3) is 2.77. The lowest BCUT2D eigenvalue weighted by atomic mass is 10.1. The highest BCUT2D eigenvalue weighted by Gasteiger charge is 2.15. The zero-order valence-corrected chi connectivity index (χ0v) is 9.01. The SMILES string of the molecule is Fc1cccc(F)c1COC1CCNCC1. The summed E-state index contributed by atoms with van der Waals surface area (Å²) in [5.74, 6) is -1.07. The third-order valence-corrected chi connectivity index (χ3v) is 2.81. The van der Waals surface area contributed by atoms with Crippen LogP contribution in [0.4, 0.5) is 8.78 Å². The molecule has 1 aromatic carbocycles. The van der Waals surface area contributed by atoms with Gasteiger partial charge >= 0.3 is 0 Å². The van der Waals surface area contributed by atoms with E-state index in [4.69, 9.17) is 4.74 Å². The molecule has 0 aliphatic carbocycles. The van der Waals surface area contributed by atoms with Crippen molar-refractivity contribution < 1.29 is 13.5 Å². The summed E-state index contributed by atoms with van der Waals surface area (Å²) in [6, 6.07) is 3.87. The molecule has 0 aromatic heterocycles. The lowest BCUT2D eigenvalue weighted by Gasteiger charge is -2.23. The Morgan fingerprint density at radius 3 is 2.44 bits per heavy atom. The van der Waals surface area contributed by atoms with Gasteiger partial charge in [0.1, 0.15) is 11.6 Å². The molecule has 0 atom stereocenters. The molecule has 1 aliphatic heterocycles. The predicted octanol–water partition coefficient (Wildman–Crippen LogP) is 2.23. The molecule has 1 aromatic rings. The standard InChI is InChI=1S/C12H15F2NO/c13-11-2-1-3-12(14)10(11)8-16-9-4-6-15-7-5-9/h1-3,9,15H,4-8H2. The van der Waals surface area contributed by atoms with Crippen LogP contribution in [0.25, 0.3) is 0 Å². The molecule has 0 radical (unpaired) electrons. The molecule has 0 amide bonds. The number of halogens is 2. The van der Waals surface area contributed by atoms with Crippen molar-refractivity contribution in [3.63, 3.8) is 0 Å². The van der Waals surface area contributed by atoms with Crippen LogP contribution in [0.2, 0.25) is 0 Å². The summed E-state index contributed by atoms with van der Waals surface area (Å²) in [6.07, 6.45) is 1.91. The molecule has 0 saturated carbocycles. The minimum Gasteiger partial charge on any atom is -0.373 e. The molecule has 0 bridgehead atoms. The van der Waals surface area contributed by atoms with Crippen molar-refractivity contribution in [2.45, 2.75) is 25.6 Å². The predicted molar refractivity (Wildman–Crippen MR) is 57.0 cm³/mol. The molecule has 4 heteroatoms. The number of rotatable bonds is 3. The van der Waals surface area contributed by atoms with E-state index >= 15 is 0 Å². The summed E-state index contributed by atoms with van der Waals surface area (Å²) in [6.45, 7) is 1.83. The monoisotopic (exact) mass is 227 g/mol. The van der Waals surface area contributed by atoms with Crippen molar-refractivity contribution in [3.8, 4) is 0 Å². The Labute approximate surface area is 93.6 Å². The van der Waals surface area contributed by atoms with Crippen molar-refractivity contribution in [1.29, 1.82) is 0 Å². The first-order valence-corrected chi connectivity index (χ1v) is 5.52. The molecule has 88 valence electrons. The van der Waals surface area contributed by atoms with Crippen molar-refractivity contribution in [2.75, 3.05) is 13.1 Å². The van der Waals surface area contributed by atoms with E-state index in [0.717, 1.165) is 25.9 Å². The topological polar surface area (TPSA) is 21.3 Å². The van der Waals surface area contributed by atoms with E-state index in [1.807, 2.05) is 0 Å². The van der Waals surface area contributed by atoms with Crippen LogP contribution in [0.5, 0.6) is 0 Å². The molecule has 2 rings (SSSR count). The number of hydrogen-bond donors (Lipinski definition) is 1. The minimum atomic E-state index is -0.533. The summed E-state index contributed by atoms with van der Waals surface area (Å²) < 4.78 is 32.1. The fourth-order valence-corrected chi connectivity index (χ4v) is 1.83. The van der Waals surface area contributed by atoms with E-state index in [1.165, 1.54) is 18.2 Å². The second-order valence-electron chi connectivity index (χ2n) is 3.96. The Morgan fingerprint density at radius 2 is 1.81 bits per heavy atom. The van der Waals surface area contributed by atoms with Crippen LogP contribution in [-0.4, -0.2) is 19.2 Å². The Morgan fingerprint density at radius 1 is 1.19 bits per heavy atom. The van der Waals surface area contributed by atoms with Crippen LogP contribution in [0.15, 0.2) is 18.2 Å². The fourth-order valence-electron chi connectivity index (χ4n) is 1.83. The maximum Gasteiger partial charge on any atom is 0.131 e. The van der Waals surface area contributed by atoms with E-state index in [9.17, 15) is 8.78 Å². The van der Waals surface area contributed by atoms with Crippen molar-refractivity contribution in [3.05, 3.63) is 35.4 Å². The van der Waals surface area contributed by atoms with Gasteiger partial charge in [-0.2, -0.15) is 0 Å². The lowest BCUT2D eigenvalue weighted by molar-refractivity contribution is 0.0185. The molecule has 0 unspecified atom stereocenters. The van der Waals surface area contributed by atoms with Gasteiger partial charge in [0.25, 0.3) is 0 Å². The summed E-state index contributed by atoms with van der Waals surface area (Å²) in [5.41, 5.74) is 0.0287. The molecule has 1 N–H and O–H groups in total. The molecule has 2 nitrogen and oxygen atoms in total. The van der Waals surface area contributed by atoms with Crippen molar-refractivity contribution in [2.24, 2.45) is 0 Å². The molecule has 1 aliphatic rings. The molecule has 1 saturated heterocycles. The van der Waals surface area contributed by atoms with E-state index < -0.39 is 11.6 Å². The summed E-state index contributed by atoms with van der Waals surface area (Å²) in [4.78, 5) is 0. The fraction of sp³-hybridized carbons (Fsp3) is 0.500. The van der Waals surface area contributed by atoms with Gasteiger partial charge in [-0.05, 0) is 38.1 Å². The molecule has 1 heterocycles. The summed E-state index contributed by atoms with van der Waals surface area (Å²) in [7, 11) is 0. The highest BCUT2D eigenvalue weighted by atomic mass is 19.1. The Balaban J connectivity index is 1.93. The Bertz CT molecular complexity index is 331. The second kappa shape index (κ2) is 5.37. The smallest absolute Gasteiger partial charge is 0.131 e. The van der Waals surface area contributed by atoms with Crippen LogP contribution in [0.3, 0.4) is 0 Å². The first kappa shape index (κ1) is 11.5. The van der Waals surface area contributed by atoms with Gasteiger partial charge in [-0.3, -0.25) is 0 Å². The van der Waals surface area contributed by atoms with Crippen LogP contribution in [-0.2, 0) is 11.3 Å². The first-order valence-electron chi connectivity index (χ1n) is 5.52. The van der Waals surface area contributed by atoms with Crippen LogP contribution >= 0.6 is 0 Å². The summed E-state index contributed by atoms with van der Waals surface area (Å²) >= 11 is 0. The molecular weight excluding hydrogens is 212 g/mol. The van der Waals surface area contributed by atoms with Gasteiger partial charge in [0.15, 0.2) is 0 Å². The van der Waals surface area contributed by atoms with Crippen molar-refractivity contribution in [1.82, 2.24) is 5.32 Å². The maximum atomic E-state index is 13.3. The Kier molecular flexibility index (Phi) is 3.85. The molecule has 1 fully saturated rings. The minimum absolute atomic E-state index is 0.0170. The van der Waals surface area contributed by atoms with Gasteiger partial charge in [-0.1, -0.05) is 6.07 Å². The number of hydrogen-bond acceptors (Lipinski definition) is 2. The highest BCUT2D eigenvalue weighted by molar-refractivity contribution is 5.18. The maximum absolute atomic E-state index is 13.3. The molecule has 16 heavy (non-hydrogen) atoms. The highest BCUT2D eigenvalue weighted by Crippen LogP contribution is 2.16. The average molecular weight is 227 g/mol. The lowest BCUT2D eigenvalue weighted by Crippen LogP contribution is -2.32. The van der Waals surface area contributed by atoms with Gasteiger partial charge in [0, 0.05) is 5.56 Å². The number of nitrogens with one attached hydrogen (secondary N) is 1. The van der Waals surface area contributed by atoms with E-state index in [2.05, 4.69) is 5.32 Å². The van der Waals surface area contributed by atoms with Crippen LogP contribution < -0.4 is 5.32 Å². The molecular formula is C12H15F2NO. The Hall–Kier alpha value is -1.00. The van der Waals surface area contributed by atoms with Gasteiger partial charge in [-0.25, -0.2) is 8.78 Å². The number of benzene rings is 1. The zero-order chi connectivity index (χ0) is 11.4. The van der Waals surface area contributed by atoms with Gasteiger partial charge < -0.3 is 10.1 Å². The number of piperidine rings is 1. The van der Waals surface area contributed by atoms with E-state index in [1.54, 1.807) is 0 Å². The average Bonchev–Trinajstić information content (AvgIpc) is 2.30. The van der Waals surface area contributed by atoms with E-state index in [0.29, 0.717) is 0 Å². The molecule has 0 spiro atoms. The second-order valence-corrected chi connectivity index (χ2v) is 3.96. The zero-order valence-electron chi connectivity index (χ0n) is 9.01. The first-order chi connectivity index (χ1) is 7.77. The largest absolute Gasteiger partial charge is 0.373 e. The van der Waals surface area contributed by atoms with Crippen molar-refractivity contribution >= 4 is 0 Å². The van der Waals surface area contributed by atoms with Crippen LogP contribution in [0, 0.1) is 11.6 Å². The van der Waals surface area contributed by atoms with Gasteiger partial charge in [0.2, 0.25) is 0 Å². The van der Waals surface area contributed by atoms with Gasteiger partial charge in [-0.15, -0.1) is 0 Å². The summed E-state index contributed by atoms with van der Waals surface area (Å²) in [5, 5.41) is 3.21. The van der Waals surface area contributed by atoms with Gasteiger partial charge in [0.05, 0.1) is 12.7 Å². The third-order valence-electron chi connectivity index (χ3n) is 2.81. The quantitative estimate of drug-likeness (QED) is 0.855.